The van der Waals surface area contributed by atoms with Crippen molar-refractivity contribution in [3.8, 4) is 0 Å². The number of fused-ring (bicyclic) bond motifs is 1. The maximum Gasteiger partial charge on any atom is 0.192 e. The molecule has 4 nitrogen and oxygen atoms in total. The SMILES string of the molecule is CC1(C)O[C@H]2[C@H](CO[C@@H]2CO[Si](C)(C)C(C)(C)C)O1. The lowest BCUT2D eigenvalue weighted by molar-refractivity contribution is -0.177. The van der Waals surface area contributed by atoms with Gasteiger partial charge in [0.1, 0.15) is 18.3 Å². The molecule has 0 spiro atoms. The van der Waals surface area contributed by atoms with Crippen LogP contribution in [0.2, 0.25) is 18.1 Å². The van der Waals surface area contributed by atoms with Gasteiger partial charge in [0.25, 0.3) is 0 Å². The van der Waals surface area contributed by atoms with E-state index in [1.165, 1.54) is 0 Å². The van der Waals surface area contributed by atoms with E-state index in [1.807, 2.05) is 13.8 Å². The Labute approximate surface area is 117 Å². The van der Waals surface area contributed by atoms with Crippen LogP contribution in [0, 0.1) is 0 Å². The third kappa shape index (κ3) is 3.21. The van der Waals surface area contributed by atoms with Crippen molar-refractivity contribution in [2.24, 2.45) is 0 Å². The topological polar surface area (TPSA) is 36.9 Å². The molecule has 0 unspecified atom stereocenters. The number of ether oxygens (including phenoxy) is 3. The Bertz CT molecular complexity index is 335. The highest BCUT2D eigenvalue weighted by atomic mass is 28.4. The van der Waals surface area contributed by atoms with E-state index in [2.05, 4.69) is 33.9 Å². The number of hydrogen-bond acceptors (Lipinski definition) is 4. The van der Waals surface area contributed by atoms with E-state index in [-0.39, 0.29) is 23.4 Å². The molecule has 2 aliphatic rings. The van der Waals surface area contributed by atoms with Crippen LogP contribution in [0.25, 0.3) is 0 Å². The van der Waals surface area contributed by atoms with E-state index >= 15 is 0 Å². The van der Waals surface area contributed by atoms with Crippen molar-refractivity contribution in [2.75, 3.05) is 13.2 Å². The maximum absolute atomic E-state index is 6.23. The summed E-state index contributed by atoms with van der Waals surface area (Å²) in [6.45, 7) is 16.4. The van der Waals surface area contributed by atoms with Crippen LogP contribution in [0.5, 0.6) is 0 Å². The first kappa shape index (κ1) is 15.4. The minimum absolute atomic E-state index is 0.000833. The quantitative estimate of drug-likeness (QED) is 0.748. The Morgan fingerprint density at radius 3 is 2.42 bits per heavy atom. The molecule has 3 atom stereocenters. The van der Waals surface area contributed by atoms with E-state index in [9.17, 15) is 0 Å². The van der Waals surface area contributed by atoms with Crippen molar-refractivity contribution in [1.82, 2.24) is 0 Å². The highest BCUT2D eigenvalue weighted by Gasteiger charge is 2.50. The molecule has 0 aromatic rings. The van der Waals surface area contributed by atoms with Gasteiger partial charge in [0.2, 0.25) is 0 Å². The van der Waals surface area contributed by atoms with Gasteiger partial charge in [0, 0.05) is 0 Å². The Morgan fingerprint density at radius 2 is 1.84 bits per heavy atom. The molecule has 0 aromatic heterocycles. The minimum Gasteiger partial charge on any atom is -0.414 e. The highest BCUT2D eigenvalue weighted by Crippen LogP contribution is 2.39. The lowest BCUT2D eigenvalue weighted by Gasteiger charge is -2.37. The average molecular weight is 288 g/mol. The van der Waals surface area contributed by atoms with Gasteiger partial charge < -0.3 is 18.6 Å². The molecule has 0 aromatic carbocycles. The molecule has 0 bridgehead atoms. The molecule has 2 aliphatic heterocycles. The minimum atomic E-state index is -1.73. The summed E-state index contributed by atoms with van der Waals surface area (Å²) in [5.74, 6) is -0.492. The molecule has 112 valence electrons. The van der Waals surface area contributed by atoms with Crippen molar-refractivity contribution in [2.45, 2.75) is 76.8 Å². The van der Waals surface area contributed by atoms with Crippen LogP contribution in [-0.2, 0) is 18.6 Å². The van der Waals surface area contributed by atoms with Crippen molar-refractivity contribution in [1.29, 1.82) is 0 Å². The zero-order valence-corrected chi connectivity index (χ0v) is 14.3. The van der Waals surface area contributed by atoms with Crippen molar-refractivity contribution in [3.05, 3.63) is 0 Å². The van der Waals surface area contributed by atoms with E-state index in [1.54, 1.807) is 0 Å². The molecular weight excluding hydrogens is 260 g/mol. The zero-order valence-electron chi connectivity index (χ0n) is 13.3. The molecular formula is C14H28O4Si. The number of hydrogen-bond donors (Lipinski definition) is 0. The maximum atomic E-state index is 6.23. The molecule has 2 saturated heterocycles. The molecule has 2 rings (SSSR count). The smallest absolute Gasteiger partial charge is 0.192 e. The summed E-state index contributed by atoms with van der Waals surface area (Å²) in [4.78, 5) is 0. The lowest BCUT2D eigenvalue weighted by Crippen LogP contribution is -2.44. The molecule has 5 heteroatoms. The monoisotopic (exact) mass is 288 g/mol. The number of rotatable bonds is 3. The third-order valence-electron chi connectivity index (χ3n) is 4.48. The van der Waals surface area contributed by atoms with Gasteiger partial charge in [-0.2, -0.15) is 0 Å². The summed E-state index contributed by atoms with van der Waals surface area (Å²) in [6, 6.07) is 0. The van der Waals surface area contributed by atoms with Gasteiger partial charge in [-0.05, 0) is 32.0 Å². The zero-order chi connectivity index (χ0) is 14.5. The first-order chi connectivity index (χ1) is 8.52. The predicted octanol–water partition coefficient (Wildman–Crippen LogP) is 2.93. The van der Waals surface area contributed by atoms with Gasteiger partial charge in [0.15, 0.2) is 14.1 Å². The van der Waals surface area contributed by atoms with E-state index < -0.39 is 14.1 Å². The second-order valence-corrected chi connectivity index (χ2v) is 12.4. The van der Waals surface area contributed by atoms with Gasteiger partial charge in [-0.1, -0.05) is 20.8 Å². The Hall–Kier alpha value is 0.0569. The summed E-state index contributed by atoms with van der Waals surface area (Å²) < 4.78 is 23.7. The van der Waals surface area contributed by atoms with Crippen LogP contribution in [0.15, 0.2) is 0 Å². The third-order valence-corrected chi connectivity index (χ3v) is 8.98. The summed E-state index contributed by atoms with van der Waals surface area (Å²) in [5.41, 5.74) is 0. The normalized spacial score (nSPS) is 34.6. The standard InChI is InChI=1S/C14H28O4Si/c1-13(2,3)19(6,7)16-9-10-12-11(8-15-10)17-14(4,5)18-12/h10-12H,8-9H2,1-7H3/t10-,11+,12-/m1/s1. The molecule has 19 heavy (non-hydrogen) atoms. The van der Waals surface area contributed by atoms with Crippen LogP contribution in [0.3, 0.4) is 0 Å². The summed E-state index contributed by atoms with van der Waals surface area (Å²) in [7, 11) is -1.73. The summed E-state index contributed by atoms with van der Waals surface area (Å²) in [5, 5.41) is 0.220. The van der Waals surface area contributed by atoms with Gasteiger partial charge in [-0.15, -0.1) is 0 Å². The molecule has 0 saturated carbocycles. The largest absolute Gasteiger partial charge is 0.414 e. The van der Waals surface area contributed by atoms with Crippen molar-refractivity contribution in [3.63, 3.8) is 0 Å². The first-order valence-electron chi connectivity index (χ1n) is 7.13. The Morgan fingerprint density at radius 1 is 1.21 bits per heavy atom. The summed E-state index contributed by atoms with van der Waals surface area (Å²) in [6.07, 6.45) is 0.0729. The van der Waals surface area contributed by atoms with E-state index in [4.69, 9.17) is 18.6 Å². The molecule has 0 amide bonds. The summed E-state index contributed by atoms with van der Waals surface area (Å²) >= 11 is 0. The molecule has 0 N–H and O–H groups in total. The Balaban J connectivity index is 1.91. The molecule has 0 radical (unpaired) electrons. The molecule has 2 fully saturated rings. The second-order valence-electron chi connectivity index (χ2n) is 7.58. The van der Waals surface area contributed by atoms with Gasteiger partial charge in [-0.25, -0.2) is 0 Å². The predicted molar refractivity (Wildman–Crippen MR) is 76.7 cm³/mol. The lowest BCUT2D eigenvalue weighted by atomic mass is 10.2. The van der Waals surface area contributed by atoms with Crippen LogP contribution in [0.1, 0.15) is 34.6 Å². The van der Waals surface area contributed by atoms with Crippen LogP contribution < -0.4 is 0 Å². The van der Waals surface area contributed by atoms with Gasteiger partial charge in [0.05, 0.1) is 13.2 Å². The van der Waals surface area contributed by atoms with Crippen LogP contribution in [0.4, 0.5) is 0 Å². The Kier molecular flexibility index (Phi) is 3.91. The fourth-order valence-corrected chi connectivity index (χ4v) is 3.28. The van der Waals surface area contributed by atoms with E-state index in [0.717, 1.165) is 0 Å². The van der Waals surface area contributed by atoms with Crippen molar-refractivity contribution < 1.29 is 18.6 Å². The van der Waals surface area contributed by atoms with Gasteiger partial charge >= 0.3 is 0 Å². The fraction of sp³-hybridized carbons (Fsp3) is 1.00. The first-order valence-corrected chi connectivity index (χ1v) is 10.0. The van der Waals surface area contributed by atoms with E-state index in [0.29, 0.717) is 13.2 Å². The van der Waals surface area contributed by atoms with Crippen LogP contribution in [-0.4, -0.2) is 45.6 Å². The fourth-order valence-electron chi connectivity index (χ4n) is 2.27. The average Bonchev–Trinajstić information content (AvgIpc) is 2.68. The second kappa shape index (κ2) is 4.81. The molecule has 0 aliphatic carbocycles. The highest BCUT2D eigenvalue weighted by molar-refractivity contribution is 6.74. The molecule has 2 heterocycles. The van der Waals surface area contributed by atoms with Crippen molar-refractivity contribution >= 4 is 8.32 Å². The van der Waals surface area contributed by atoms with Gasteiger partial charge in [-0.3, -0.25) is 0 Å². The van der Waals surface area contributed by atoms with Crippen LogP contribution >= 0.6 is 0 Å².